The Kier molecular flexibility index (Phi) is 8.61. The van der Waals surface area contributed by atoms with Crippen molar-refractivity contribution in [2.75, 3.05) is 12.4 Å². The third-order valence-corrected chi connectivity index (χ3v) is 8.19. The number of benzene rings is 2. The molecule has 11 heteroatoms. The molecule has 0 radical (unpaired) electrons. The van der Waals surface area contributed by atoms with Gasteiger partial charge >= 0.3 is 11.7 Å². The van der Waals surface area contributed by atoms with Crippen LogP contribution >= 0.6 is 0 Å². The van der Waals surface area contributed by atoms with Crippen LogP contribution in [0.3, 0.4) is 0 Å². The summed E-state index contributed by atoms with van der Waals surface area (Å²) >= 11 is 0. The van der Waals surface area contributed by atoms with Crippen molar-refractivity contribution in [1.82, 2.24) is 14.7 Å². The number of amides is 1. The number of nitro groups is 1. The monoisotopic (exact) mass is 585 g/mol. The van der Waals surface area contributed by atoms with Crippen LogP contribution < -0.4 is 15.4 Å². The lowest BCUT2D eigenvalue weighted by Crippen LogP contribution is -2.42. The van der Waals surface area contributed by atoms with Crippen LogP contribution in [0.4, 0.5) is 17.2 Å². The zero-order chi connectivity index (χ0) is 30.7. The fraction of sp³-hybridized carbons (Fsp3) is 0.344. The average Bonchev–Trinajstić information content (AvgIpc) is 3.36. The van der Waals surface area contributed by atoms with Gasteiger partial charge in [-0.05, 0) is 68.0 Å². The van der Waals surface area contributed by atoms with Crippen LogP contribution in [0.25, 0.3) is 16.9 Å². The molecule has 0 spiro atoms. The van der Waals surface area contributed by atoms with Crippen LogP contribution in [0.5, 0.6) is 5.75 Å². The standard InChI is InChI=1S/C32H35N5O6/c1-19-8-7-9-20(2)29(19)35-31-30(22-12-13-26(43-3)25(16-22)37(41)42)34-27-17-23(14-15-36(27)31)32(40)33-24(18-28(38)39)21-10-5-4-6-11-21/h7-9,12-17,21,24,35H,4-6,10-11,18H2,1-3H3,(H,33,40)(H,38,39). The largest absolute Gasteiger partial charge is 0.490 e. The molecule has 1 fully saturated rings. The second-order valence-electron chi connectivity index (χ2n) is 11.1. The molecular weight excluding hydrogens is 550 g/mol. The topological polar surface area (TPSA) is 148 Å². The number of carboxylic acid groups (broad SMARTS) is 1. The molecule has 2 heterocycles. The minimum absolute atomic E-state index is 0.120. The number of aromatic nitrogens is 2. The number of ether oxygens (including phenoxy) is 1. The number of nitrogens with one attached hydrogen (secondary N) is 2. The molecule has 1 aliphatic carbocycles. The molecule has 0 saturated heterocycles. The van der Waals surface area contributed by atoms with Crippen LogP contribution in [-0.2, 0) is 4.79 Å². The van der Waals surface area contributed by atoms with E-state index in [0.29, 0.717) is 28.3 Å². The number of imidazole rings is 1. The van der Waals surface area contributed by atoms with E-state index in [4.69, 9.17) is 9.72 Å². The number of hydrogen-bond acceptors (Lipinski definition) is 7. The lowest BCUT2D eigenvalue weighted by molar-refractivity contribution is -0.385. The van der Waals surface area contributed by atoms with Crippen molar-refractivity contribution in [3.63, 3.8) is 0 Å². The van der Waals surface area contributed by atoms with E-state index in [2.05, 4.69) is 10.6 Å². The zero-order valence-corrected chi connectivity index (χ0v) is 24.4. The highest BCUT2D eigenvalue weighted by molar-refractivity contribution is 5.96. The van der Waals surface area contributed by atoms with E-state index in [9.17, 15) is 24.8 Å². The van der Waals surface area contributed by atoms with Gasteiger partial charge in [0, 0.05) is 35.1 Å². The van der Waals surface area contributed by atoms with Crippen LogP contribution in [-0.4, -0.2) is 44.4 Å². The van der Waals surface area contributed by atoms with Gasteiger partial charge in [0.2, 0.25) is 0 Å². The second kappa shape index (κ2) is 12.5. The number of carbonyl (C=O) groups is 2. The minimum Gasteiger partial charge on any atom is -0.490 e. The fourth-order valence-electron chi connectivity index (χ4n) is 5.93. The van der Waals surface area contributed by atoms with E-state index in [1.54, 1.807) is 28.8 Å². The maximum Gasteiger partial charge on any atom is 0.311 e. The van der Waals surface area contributed by atoms with Gasteiger partial charge in [0.1, 0.15) is 17.2 Å². The highest BCUT2D eigenvalue weighted by atomic mass is 16.6. The van der Waals surface area contributed by atoms with Crippen molar-refractivity contribution >= 4 is 34.7 Å². The summed E-state index contributed by atoms with van der Waals surface area (Å²) in [4.78, 5) is 41.1. The summed E-state index contributed by atoms with van der Waals surface area (Å²) in [5.41, 5.74) is 4.43. The lowest BCUT2D eigenvalue weighted by atomic mass is 9.82. The molecule has 1 aliphatic rings. The predicted octanol–water partition coefficient (Wildman–Crippen LogP) is 6.43. The van der Waals surface area contributed by atoms with Gasteiger partial charge in [-0.25, -0.2) is 4.98 Å². The lowest BCUT2D eigenvalue weighted by Gasteiger charge is -2.30. The summed E-state index contributed by atoms with van der Waals surface area (Å²) in [5, 5.41) is 27.8. The molecule has 2 aromatic carbocycles. The molecule has 224 valence electrons. The number of carbonyl (C=O) groups excluding carboxylic acids is 1. The number of pyridine rings is 1. The normalized spacial score (nSPS) is 14.3. The first-order chi connectivity index (χ1) is 20.7. The minimum atomic E-state index is -0.944. The number of carboxylic acids is 1. The maximum absolute atomic E-state index is 13.4. The molecule has 11 nitrogen and oxygen atoms in total. The smallest absolute Gasteiger partial charge is 0.311 e. The Morgan fingerprint density at radius 1 is 1.12 bits per heavy atom. The molecule has 3 N–H and O–H groups in total. The Morgan fingerprint density at radius 2 is 1.84 bits per heavy atom. The van der Waals surface area contributed by atoms with Gasteiger partial charge in [0.15, 0.2) is 5.75 Å². The summed E-state index contributed by atoms with van der Waals surface area (Å²) in [6, 6.07) is 13.4. The number of nitrogens with zero attached hydrogens (tertiary/aromatic N) is 3. The third-order valence-electron chi connectivity index (χ3n) is 8.19. The number of methoxy groups -OCH3 is 1. The Balaban J connectivity index is 1.57. The summed E-state index contributed by atoms with van der Waals surface area (Å²) in [6.07, 6.45) is 6.55. The quantitative estimate of drug-likeness (QED) is 0.142. The van der Waals surface area contributed by atoms with Crippen molar-refractivity contribution in [1.29, 1.82) is 0 Å². The van der Waals surface area contributed by atoms with Crippen molar-refractivity contribution in [3.8, 4) is 17.0 Å². The molecule has 1 unspecified atom stereocenters. The maximum atomic E-state index is 13.4. The van der Waals surface area contributed by atoms with E-state index in [1.807, 2.05) is 32.0 Å². The Morgan fingerprint density at radius 3 is 2.49 bits per heavy atom. The molecule has 0 bridgehead atoms. The van der Waals surface area contributed by atoms with Crippen LogP contribution in [0.15, 0.2) is 54.7 Å². The molecule has 1 saturated carbocycles. The van der Waals surface area contributed by atoms with Crippen molar-refractivity contribution in [2.24, 2.45) is 5.92 Å². The number of hydrogen-bond donors (Lipinski definition) is 3. The number of fused-ring (bicyclic) bond motifs is 1. The summed E-state index contributed by atoms with van der Waals surface area (Å²) < 4.78 is 6.99. The molecule has 43 heavy (non-hydrogen) atoms. The van der Waals surface area contributed by atoms with Crippen LogP contribution in [0, 0.1) is 29.9 Å². The molecule has 0 aliphatic heterocycles. The van der Waals surface area contributed by atoms with Gasteiger partial charge < -0.3 is 20.5 Å². The second-order valence-corrected chi connectivity index (χ2v) is 11.1. The number of rotatable bonds is 10. The highest BCUT2D eigenvalue weighted by Crippen LogP contribution is 2.37. The number of anilines is 2. The molecule has 1 atom stereocenters. The van der Waals surface area contributed by atoms with Gasteiger partial charge in [-0.3, -0.25) is 24.1 Å². The number of aliphatic carboxylic acids is 1. The Labute approximate surface area is 249 Å². The van der Waals surface area contributed by atoms with Crippen molar-refractivity contribution in [2.45, 2.75) is 58.4 Å². The molecule has 1 amide bonds. The van der Waals surface area contributed by atoms with Crippen molar-refractivity contribution < 1.29 is 24.4 Å². The van der Waals surface area contributed by atoms with E-state index >= 15 is 0 Å². The fourth-order valence-corrected chi connectivity index (χ4v) is 5.93. The summed E-state index contributed by atoms with van der Waals surface area (Å²) in [7, 11) is 1.38. The predicted molar refractivity (Wildman–Crippen MR) is 163 cm³/mol. The highest BCUT2D eigenvalue weighted by Gasteiger charge is 2.28. The van der Waals surface area contributed by atoms with Crippen LogP contribution in [0.2, 0.25) is 0 Å². The van der Waals surface area contributed by atoms with Gasteiger partial charge in [-0.15, -0.1) is 0 Å². The SMILES string of the molecule is COc1ccc(-c2nc3cc(C(=O)NC(CC(=O)O)C4CCCCC4)ccn3c2Nc2c(C)cccc2C)cc1[N+](=O)[O-]. The molecule has 4 aromatic rings. The molecule has 2 aromatic heterocycles. The Hall–Kier alpha value is -4.93. The summed E-state index contributed by atoms with van der Waals surface area (Å²) in [6.45, 7) is 3.97. The number of para-hydroxylation sites is 1. The van der Waals surface area contributed by atoms with Gasteiger partial charge in [0.25, 0.3) is 5.91 Å². The van der Waals surface area contributed by atoms with Crippen molar-refractivity contribution in [3.05, 3.63) is 81.5 Å². The Bertz CT molecular complexity index is 1670. The molecule has 5 rings (SSSR count). The first kappa shape index (κ1) is 29.6. The number of aryl methyl sites for hydroxylation is 2. The van der Waals surface area contributed by atoms with Gasteiger partial charge in [-0.1, -0.05) is 37.5 Å². The molecular formula is C32H35N5O6. The van der Waals surface area contributed by atoms with Gasteiger partial charge in [-0.2, -0.15) is 0 Å². The van der Waals surface area contributed by atoms with Crippen LogP contribution in [0.1, 0.15) is 60.0 Å². The van der Waals surface area contributed by atoms with E-state index in [1.165, 1.54) is 19.2 Å². The van der Waals surface area contributed by atoms with E-state index < -0.39 is 16.9 Å². The third kappa shape index (κ3) is 6.30. The first-order valence-electron chi connectivity index (χ1n) is 14.4. The van der Waals surface area contributed by atoms with E-state index in [0.717, 1.165) is 48.9 Å². The van der Waals surface area contributed by atoms with Gasteiger partial charge in [0.05, 0.1) is 18.5 Å². The zero-order valence-electron chi connectivity index (χ0n) is 24.4. The number of nitro benzene ring substituents is 1. The van der Waals surface area contributed by atoms with E-state index in [-0.39, 0.29) is 29.7 Å². The first-order valence-corrected chi connectivity index (χ1v) is 14.4. The summed E-state index contributed by atoms with van der Waals surface area (Å²) in [5.74, 6) is -0.484. The average molecular weight is 586 g/mol.